The van der Waals surface area contributed by atoms with Gasteiger partial charge in [-0.15, -0.1) is 0 Å². The number of fused-ring (bicyclic) bond motifs is 6. The highest BCUT2D eigenvalue weighted by Crippen LogP contribution is 2.46. The van der Waals surface area contributed by atoms with Crippen molar-refractivity contribution >= 4 is 22.5 Å². The van der Waals surface area contributed by atoms with E-state index < -0.39 is 11.6 Å². The van der Waals surface area contributed by atoms with Crippen LogP contribution in [0, 0.1) is 23.6 Å². The summed E-state index contributed by atoms with van der Waals surface area (Å²) in [6, 6.07) is 13.7. The second-order valence-corrected chi connectivity index (χ2v) is 7.78. The van der Waals surface area contributed by atoms with Crippen LogP contribution in [0.25, 0.3) is 10.9 Å². The molecule has 2 aliphatic heterocycles. The molecule has 0 spiro atoms. The summed E-state index contributed by atoms with van der Waals surface area (Å²) in [7, 11) is 2.19. The SMILES string of the molecule is CN1C2CCC1c1c(n(C#Cc3ccc(F)c(F)c3)c3ccc(Cl)cc13)C2. The first-order valence-electron chi connectivity index (χ1n) is 9.04. The predicted molar refractivity (Wildman–Crippen MR) is 103 cm³/mol. The number of hydrogen-bond donors (Lipinski definition) is 0. The van der Waals surface area contributed by atoms with E-state index in [1.54, 1.807) is 0 Å². The van der Waals surface area contributed by atoms with Gasteiger partial charge in [0.1, 0.15) is 0 Å². The lowest BCUT2D eigenvalue weighted by molar-refractivity contribution is 0.223. The Kier molecular flexibility index (Phi) is 3.79. The van der Waals surface area contributed by atoms with Crippen LogP contribution in [0.2, 0.25) is 5.02 Å². The van der Waals surface area contributed by atoms with Crippen LogP contribution in [0.5, 0.6) is 0 Å². The van der Waals surface area contributed by atoms with Gasteiger partial charge in [0.2, 0.25) is 0 Å². The van der Waals surface area contributed by atoms with Crippen LogP contribution in [-0.2, 0) is 6.42 Å². The number of nitrogens with zero attached hydrogens (tertiary/aromatic N) is 2. The largest absolute Gasteiger partial charge is 0.296 e. The fourth-order valence-electron chi connectivity index (χ4n) is 4.56. The van der Waals surface area contributed by atoms with Crippen molar-refractivity contribution in [3.8, 4) is 12.0 Å². The number of likely N-dealkylation sites (N-methyl/N-ethyl adjacent to an activating group) is 1. The van der Waals surface area contributed by atoms with Crippen molar-refractivity contribution in [2.24, 2.45) is 0 Å². The van der Waals surface area contributed by atoms with Crippen molar-refractivity contribution in [2.45, 2.75) is 31.3 Å². The molecular weight excluding hydrogens is 366 g/mol. The van der Waals surface area contributed by atoms with E-state index >= 15 is 0 Å². The molecule has 2 aliphatic rings. The number of hydrogen-bond acceptors (Lipinski definition) is 1. The molecule has 1 aromatic heterocycles. The highest BCUT2D eigenvalue weighted by atomic mass is 35.5. The summed E-state index contributed by atoms with van der Waals surface area (Å²) >= 11 is 6.28. The van der Waals surface area contributed by atoms with E-state index in [2.05, 4.69) is 23.9 Å². The van der Waals surface area contributed by atoms with Gasteiger partial charge in [0.05, 0.1) is 5.52 Å². The summed E-state index contributed by atoms with van der Waals surface area (Å²) in [5.41, 5.74) is 3.99. The average Bonchev–Trinajstić information content (AvgIpc) is 3.06. The van der Waals surface area contributed by atoms with Crippen LogP contribution in [0.1, 0.15) is 35.7 Å². The van der Waals surface area contributed by atoms with Crippen LogP contribution in [-0.4, -0.2) is 22.6 Å². The van der Waals surface area contributed by atoms with Crippen LogP contribution < -0.4 is 0 Å². The minimum absolute atomic E-state index is 0.381. The summed E-state index contributed by atoms with van der Waals surface area (Å²) in [5.74, 6) is 1.25. The number of aromatic nitrogens is 1. The Morgan fingerprint density at radius 1 is 1.07 bits per heavy atom. The Morgan fingerprint density at radius 3 is 2.74 bits per heavy atom. The zero-order valence-electron chi connectivity index (χ0n) is 14.8. The van der Waals surface area contributed by atoms with Crippen molar-refractivity contribution in [3.05, 3.63) is 69.9 Å². The van der Waals surface area contributed by atoms with Gasteiger partial charge in [-0.05, 0) is 67.8 Å². The monoisotopic (exact) mass is 382 g/mol. The molecule has 2 nitrogen and oxygen atoms in total. The zero-order chi connectivity index (χ0) is 18.7. The molecule has 3 aromatic rings. The third-order valence-electron chi connectivity index (χ3n) is 5.91. The number of benzene rings is 2. The summed E-state index contributed by atoms with van der Waals surface area (Å²) in [6.45, 7) is 0. The molecule has 2 bridgehead atoms. The lowest BCUT2D eigenvalue weighted by atomic mass is 9.97. The van der Waals surface area contributed by atoms with Crippen LogP contribution in [0.4, 0.5) is 8.78 Å². The molecule has 1 saturated heterocycles. The minimum atomic E-state index is -0.882. The Balaban J connectivity index is 1.71. The molecule has 136 valence electrons. The quantitative estimate of drug-likeness (QED) is 0.490. The lowest BCUT2D eigenvalue weighted by Crippen LogP contribution is -2.34. The second kappa shape index (κ2) is 6.09. The Morgan fingerprint density at radius 2 is 1.93 bits per heavy atom. The Labute approximate surface area is 161 Å². The van der Waals surface area contributed by atoms with Gasteiger partial charge < -0.3 is 0 Å². The molecule has 5 heteroatoms. The minimum Gasteiger partial charge on any atom is -0.296 e. The van der Waals surface area contributed by atoms with Gasteiger partial charge in [-0.25, -0.2) is 8.78 Å². The van der Waals surface area contributed by atoms with Crippen molar-refractivity contribution in [2.75, 3.05) is 7.05 Å². The maximum Gasteiger partial charge on any atom is 0.160 e. The van der Waals surface area contributed by atoms with Gasteiger partial charge in [0.15, 0.2) is 11.6 Å². The molecule has 0 aliphatic carbocycles. The average molecular weight is 383 g/mol. The standard InChI is InChI=1S/C22H17ClF2N2/c1-26-15-4-7-20(26)22-16-11-14(23)3-6-19(16)27(21(22)12-15)9-8-13-2-5-17(24)18(25)10-13/h2-3,5-6,10-11,15,20H,4,7,12H2,1H3. The fraction of sp³-hybridized carbons (Fsp3) is 0.273. The van der Waals surface area contributed by atoms with Crippen LogP contribution >= 0.6 is 11.6 Å². The highest BCUT2D eigenvalue weighted by Gasteiger charge is 2.40. The number of halogens is 3. The molecule has 2 aromatic carbocycles. The first-order chi connectivity index (χ1) is 13.0. The van der Waals surface area contributed by atoms with E-state index in [4.69, 9.17) is 11.6 Å². The maximum absolute atomic E-state index is 13.5. The molecule has 27 heavy (non-hydrogen) atoms. The van der Waals surface area contributed by atoms with E-state index in [0.29, 0.717) is 22.7 Å². The third-order valence-corrected chi connectivity index (χ3v) is 6.14. The second-order valence-electron chi connectivity index (χ2n) is 7.34. The van der Waals surface area contributed by atoms with Crippen LogP contribution in [0.3, 0.4) is 0 Å². The molecule has 3 heterocycles. The van der Waals surface area contributed by atoms with E-state index in [0.717, 1.165) is 35.9 Å². The molecule has 2 unspecified atom stereocenters. The summed E-state index contributed by atoms with van der Waals surface area (Å²) in [5, 5.41) is 1.84. The smallest absolute Gasteiger partial charge is 0.160 e. The maximum atomic E-state index is 13.5. The fourth-order valence-corrected chi connectivity index (χ4v) is 4.74. The summed E-state index contributed by atoms with van der Waals surface area (Å²) in [4.78, 5) is 2.45. The van der Waals surface area contributed by atoms with Crippen molar-refractivity contribution < 1.29 is 8.78 Å². The van der Waals surface area contributed by atoms with Gasteiger partial charge in [-0.1, -0.05) is 11.6 Å². The molecule has 0 amide bonds. The van der Waals surface area contributed by atoms with E-state index in [1.165, 1.54) is 23.7 Å². The summed E-state index contributed by atoms with van der Waals surface area (Å²) in [6.07, 6.45) is 3.24. The van der Waals surface area contributed by atoms with Gasteiger partial charge in [-0.2, -0.15) is 0 Å². The molecule has 0 radical (unpaired) electrons. The van der Waals surface area contributed by atoms with E-state index in [1.807, 2.05) is 22.8 Å². The molecule has 0 N–H and O–H groups in total. The first-order valence-corrected chi connectivity index (χ1v) is 9.42. The van der Waals surface area contributed by atoms with E-state index in [9.17, 15) is 8.78 Å². The Hall–Kier alpha value is -2.35. The zero-order valence-corrected chi connectivity index (χ0v) is 15.5. The van der Waals surface area contributed by atoms with Gasteiger partial charge >= 0.3 is 0 Å². The first kappa shape index (κ1) is 16.8. The van der Waals surface area contributed by atoms with E-state index in [-0.39, 0.29) is 0 Å². The number of rotatable bonds is 0. The van der Waals surface area contributed by atoms with Gasteiger partial charge in [-0.3, -0.25) is 9.47 Å². The highest BCUT2D eigenvalue weighted by molar-refractivity contribution is 6.31. The molecule has 0 saturated carbocycles. The molecule has 1 fully saturated rings. The van der Waals surface area contributed by atoms with Crippen molar-refractivity contribution in [3.63, 3.8) is 0 Å². The molecular formula is C22H17ClF2N2. The molecule has 5 rings (SSSR count). The van der Waals surface area contributed by atoms with Crippen molar-refractivity contribution in [1.82, 2.24) is 9.47 Å². The Bertz CT molecular complexity index is 1140. The molecule has 2 atom stereocenters. The normalized spacial score (nSPS) is 21.2. The predicted octanol–water partition coefficient (Wildman–Crippen LogP) is 5.12. The van der Waals surface area contributed by atoms with Crippen LogP contribution in [0.15, 0.2) is 36.4 Å². The van der Waals surface area contributed by atoms with Crippen molar-refractivity contribution in [1.29, 1.82) is 0 Å². The third kappa shape index (κ3) is 2.57. The summed E-state index contributed by atoms with van der Waals surface area (Å²) < 4.78 is 28.7. The van der Waals surface area contributed by atoms with Gasteiger partial charge in [0.25, 0.3) is 0 Å². The van der Waals surface area contributed by atoms with Gasteiger partial charge in [0, 0.05) is 46.2 Å². The topological polar surface area (TPSA) is 8.17 Å². The lowest BCUT2D eigenvalue weighted by Gasteiger charge is -2.31.